The van der Waals surface area contributed by atoms with Crippen LogP contribution in [0.4, 0.5) is 0 Å². The molecule has 1 rings (SSSR count). The summed E-state index contributed by atoms with van der Waals surface area (Å²) in [6.45, 7) is 2.11. The predicted octanol–water partition coefficient (Wildman–Crippen LogP) is -1.07. The van der Waals surface area contributed by atoms with Gasteiger partial charge in [0.1, 0.15) is 0 Å². The minimum absolute atomic E-state index is 0.774. The molecule has 7 nitrogen and oxygen atoms in total. The van der Waals surface area contributed by atoms with Crippen LogP contribution < -0.4 is 0 Å². The summed E-state index contributed by atoms with van der Waals surface area (Å²) in [7, 11) is 0. The van der Waals surface area contributed by atoms with Gasteiger partial charge < -0.3 is 14.2 Å². The average Bonchev–Trinajstić information content (AvgIpc) is 2.30. The van der Waals surface area contributed by atoms with E-state index in [9.17, 15) is 19.2 Å². The zero-order valence-electron chi connectivity index (χ0n) is 8.01. The molecule has 0 radical (unpaired) electrons. The van der Waals surface area contributed by atoms with E-state index in [0.717, 1.165) is 13.8 Å². The number of cyclic esters (lactones) is 2. The van der Waals surface area contributed by atoms with Crippen LogP contribution in [-0.4, -0.2) is 36.1 Å². The molecule has 7 heteroatoms. The summed E-state index contributed by atoms with van der Waals surface area (Å²) in [4.78, 5) is 43.2. The quantitative estimate of drug-likeness (QED) is 0.329. The number of ether oxygens (including phenoxy) is 3. The average molecular weight is 216 g/mol. The molecule has 0 bridgehead atoms. The Hall–Kier alpha value is -1.92. The van der Waals surface area contributed by atoms with Gasteiger partial charge in [0.05, 0.1) is 0 Å². The van der Waals surface area contributed by atoms with E-state index in [1.54, 1.807) is 0 Å². The highest BCUT2D eigenvalue weighted by Crippen LogP contribution is 2.17. The lowest BCUT2D eigenvalue weighted by Gasteiger charge is -2.12. The van der Waals surface area contributed by atoms with E-state index in [-0.39, 0.29) is 0 Å². The lowest BCUT2D eigenvalue weighted by molar-refractivity contribution is -0.167. The molecule has 0 amide bonds. The molecule has 0 unspecified atom stereocenters. The first-order valence-corrected chi connectivity index (χ1v) is 4.02. The third-order valence-corrected chi connectivity index (χ3v) is 1.53. The molecule has 0 saturated carbocycles. The van der Waals surface area contributed by atoms with Crippen LogP contribution in [0.1, 0.15) is 13.8 Å². The zero-order valence-corrected chi connectivity index (χ0v) is 8.01. The van der Waals surface area contributed by atoms with Gasteiger partial charge in [0, 0.05) is 13.8 Å². The molecule has 82 valence electrons. The van der Waals surface area contributed by atoms with Crippen molar-refractivity contribution in [3.05, 3.63) is 0 Å². The maximum Gasteiger partial charge on any atom is 0.359 e. The zero-order chi connectivity index (χ0) is 11.6. The second-order valence-electron chi connectivity index (χ2n) is 2.80. The largest absolute Gasteiger partial charge is 0.446 e. The van der Waals surface area contributed by atoms with Crippen LogP contribution in [0.5, 0.6) is 0 Å². The fourth-order valence-corrected chi connectivity index (χ4v) is 1.04. The van der Waals surface area contributed by atoms with Crippen molar-refractivity contribution in [3.8, 4) is 0 Å². The number of esters is 4. The Morgan fingerprint density at radius 3 is 1.60 bits per heavy atom. The van der Waals surface area contributed by atoms with E-state index in [1.807, 2.05) is 0 Å². The molecule has 0 spiro atoms. The van der Waals surface area contributed by atoms with Crippen molar-refractivity contribution >= 4 is 23.9 Å². The van der Waals surface area contributed by atoms with E-state index in [0.29, 0.717) is 0 Å². The maximum atomic E-state index is 11.0. The normalized spacial score (nSPS) is 24.7. The number of rotatable bonds is 2. The molecule has 1 saturated heterocycles. The highest BCUT2D eigenvalue weighted by Gasteiger charge is 2.49. The SMILES string of the molecule is CC(=O)O[C@H]1C(=O)OC(=O)[C@@H]1OC(C)=O. The van der Waals surface area contributed by atoms with Crippen molar-refractivity contribution in [3.63, 3.8) is 0 Å². The van der Waals surface area contributed by atoms with Crippen molar-refractivity contribution in [1.29, 1.82) is 0 Å². The van der Waals surface area contributed by atoms with Crippen LogP contribution in [0.15, 0.2) is 0 Å². The second-order valence-corrected chi connectivity index (χ2v) is 2.80. The molecule has 1 aliphatic heterocycles. The van der Waals surface area contributed by atoms with Gasteiger partial charge in [-0.25, -0.2) is 9.59 Å². The minimum Gasteiger partial charge on any atom is -0.446 e. The van der Waals surface area contributed by atoms with Gasteiger partial charge in [-0.2, -0.15) is 0 Å². The van der Waals surface area contributed by atoms with Gasteiger partial charge in [-0.3, -0.25) is 9.59 Å². The molecule has 0 aromatic carbocycles. The summed E-state index contributed by atoms with van der Waals surface area (Å²) in [5, 5.41) is 0. The van der Waals surface area contributed by atoms with Crippen LogP contribution in [0, 0.1) is 0 Å². The molecule has 1 heterocycles. The second kappa shape index (κ2) is 4.07. The van der Waals surface area contributed by atoms with Crippen LogP contribution in [-0.2, 0) is 33.4 Å². The third kappa shape index (κ3) is 2.52. The Morgan fingerprint density at radius 1 is 1.00 bits per heavy atom. The van der Waals surface area contributed by atoms with Gasteiger partial charge in [-0.1, -0.05) is 0 Å². The van der Waals surface area contributed by atoms with E-state index in [1.165, 1.54) is 0 Å². The van der Waals surface area contributed by atoms with Crippen molar-refractivity contribution < 1.29 is 33.4 Å². The Balaban J connectivity index is 2.79. The fourth-order valence-electron chi connectivity index (χ4n) is 1.04. The van der Waals surface area contributed by atoms with Crippen LogP contribution in [0.25, 0.3) is 0 Å². The molecule has 1 fully saturated rings. The monoisotopic (exact) mass is 216 g/mol. The van der Waals surface area contributed by atoms with Crippen molar-refractivity contribution in [1.82, 2.24) is 0 Å². The standard InChI is InChI=1S/C8H8O7/c1-3(9)13-5-6(14-4(2)10)8(12)15-7(5)11/h5-6H,1-2H3/t5-,6-/m1/s1. The third-order valence-electron chi connectivity index (χ3n) is 1.53. The maximum absolute atomic E-state index is 11.0. The fraction of sp³-hybridized carbons (Fsp3) is 0.500. The van der Waals surface area contributed by atoms with Crippen LogP contribution in [0.3, 0.4) is 0 Å². The summed E-state index contributed by atoms with van der Waals surface area (Å²) in [5.41, 5.74) is 0. The summed E-state index contributed by atoms with van der Waals surface area (Å²) in [5.74, 6) is -3.63. The summed E-state index contributed by atoms with van der Waals surface area (Å²) in [6.07, 6.45) is -3.00. The number of hydrogen-bond acceptors (Lipinski definition) is 7. The highest BCUT2D eigenvalue weighted by molar-refractivity contribution is 6.01. The van der Waals surface area contributed by atoms with Gasteiger partial charge in [0.15, 0.2) is 0 Å². The van der Waals surface area contributed by atoms with E-state index < -0.39 is 36.1 Å². The topological polar surface area (TPSA) is 96.0 Å². The lowest BCUT2D eigenvalue weighted by atomic mass is 10.2. The van der Waals surface area contributed by atoms with Gasteiger partial charge >= 0.3 is 23.9 Å². The number of carbonyl (C=O) groups is 4. The van der Waals surface area contributed by atoms with Gasteiger partial charge in [-0.15, -0.1) is 0 Å². The van der Waals surface area contributed by atoms with E-state index in [4.69, 9.17) is 0 Å². The molecule has 0 aliphatic carbocycles. The smallest absolute Gasteiger partial charge is 0.359 e. The first-order valence-electron chi connectivity index (χ1n) is 4.02. The van der Waals surface area contributed by atoms with E-state index in [2.05, 4.69) is 14.2 Å². The van der Waals surface area contributed by atoms with Gasteiger partial charge in [0.25, 0.3) is 0 Å². The number of carbonyl (C=O) groups excluding carboxylic acids is 4. The molecule has 1 aliphatic rings. The molecule has 0 N–H and O–H groups in total. The molecule has 0 aromatic heterocycles. The Kier molecular flexibility index (Phi) is 3.03. The summed E-state index contributed by atoms with van der Waals surface area (Å²) >= 11 is 0. The summed E-state index contributed by atoms with van der Waals surface area (Å²) in [6, 6.07) is 0. The Bertz CT molecular complexity index is 300. The molecule has 0 aromatic rings. The summed E-state index contributed by atoms with van der Waals surface area (Å²) < 4.78 is 13.1. The highest BCUT2D eigenvalue weighted by atomic mass is 16.7. The first kappa shape index (κ1) is 11.2. The molecular formula is C8H8O7. The lowest BCUT2D eigenvalue weighted by Crippen LogP contribution is -2.36. The minimum atomic E-state index is -1.50. The number of hydrogen-bond donors (Lipinski definition) is 0. The van der Waals surface area contributed by atoms with Gasteiger partial charge in [-0.05, 0) is 0 Å². The molecule has 2 atom stereocenters. The predicted molar refractivity (Wildman–Crippen MR) is 42.2 cm³/mol. The van der Waals surface area contributed by atoms with Crippen molar-refractivity contribution in [2.24, 2.45) is 0 Å². The van der Waals surface area contributed by atoms with E-state index >= 15 is 0 Å². The Morgan fingerprint density at radius 2 is 1.33 bits per heavy atom. The van der Waals surface area contributed by atoms with Crippen LogP contribution in [0.2, 0.25) is 0 Å². The van der Waals surface area contributed by atoms with Crippen molar-refractivity contribution in [2.45, 2.75) is 26.1 Å². The van der Waals surface area contributed by atoms with Crippen LogP contribution >= 0.6 is 0 Å². The Labute approximate surface area is 84.3 Å². The van der Waals surface area contributed by atoms with Gasteiger partial charge in [0.2, 0.25) is 12.2 Å². The molecular weight excluding hydrogens is 208 g/mol. The first-order chi connectivity index (χ1) is 6.91. The van der Waals surface area contributed by atoms with Crippen molar-refractivity contribution in [2.75, 3.05) is 0 Å². The molecule has 15 heavy (non-hydrogen) atoms.